The molecule has 0 saturated carbocycles. The Bertz CT molecular complexity index is 686. The minimum Gasteiger partial charge on any atom is -0.456 e. The second kappa shape index (κ2) is 3.82. The summed E-state index contributed by atoms with van der Waals surface area (Å²) in [6.45, 7) is 1.62. The van der Waals surface area contributed by atoms with Gasteiger partial charge in [-0.05, 0) is 12.5 Å². The Morgan fingerprint density at radius 1 is 1.41 bits per heavy atom. The molecule has 0 saturated heterocycles. The first-order valence-corrected chi connectivity index (χ1v) is 4.71. The van der Waals surface area contributed by atoms with Crippen LogP contribution in [0.1, 0.15) is 15.9 Å². The summed E-state index contributed by atoms with van der Waals surface area (Å²) in [5.74, 6) is 0. The molecule has 17 heavy (non-hydrogen) atoms. The van der Waals surface area contributed by atoms with Gasteiger partial charge in [0.05, 0.1) is 15.9 Å². The summed E-state index contributed by atoms with van der Waals surface area (Å²) in [6.07, 6.45) is 1.30. The molecule has 2 aromatic rings. The smallest absolute Gasteiger partial charge is 0.312 e. The van der Waals surface area contributed by atoms with Crippen LogP contribution in [0.4, 0.5) is 5.69 Å². The van der Waals surface area contributed by atoms with E-state index in [1.807, 2.05) is 0 Å². The van der Waals surface area contributed by atoms with Crippen molar-refractivity contribution in [1.82, 2.24) is 0 Å². The number of nitro groups is 1. The predicted octanol–water partition coefficient (Wildman–Crippen LogP) is 1.82. The van der Waals surface area contributed by atoms with E-state index in [0.29, 0.717) is 11.8 Å². The van der Waals surface area contributed by atoms with E-state index in [0.717, 1.165) is 6.26 Å². The van der Waals surface area contributed by atoms with Crippen molar-refractivity contribution >= 4 is 22.9 Å². The summed E-state index contributed by atoms with van der Waals surface area (Å²) in [5, 5.41) is 10.8. The monoisotopic (exact) mass is 233 g/mol. The van der Waals surface area contributed by atoms with Crippen LogP contribution in [0.25, 0.3) is 11.0 Å². The highest BCUT2D eigenvalue weighted by Gasteiger charge is 2.19. The normalized spacial score (nSPS) is 10.4. The van der Waals surface area contributed by atoms with Crippen molar-refractivity contribution in [1.29, 1.82) is 0 Å². The molecule has 6 nitrogen and oxygen atoms in total. The van der Waals surface area contributed by atoms with Crippen LogP contribution >= 0.6 is 0 Å². The summed E-state index contributed by atoms with van der Waals surface area (Å²) in [5.41, 5.74) is -0.572. The van der Waals surface area contributed by atoms with Crippen LogP contribution in [-0.2, 0) is 0 Å². The molecule has 0 N–H and O–H groups in total. The Kier molecular flexibility index (Phi) is 2.47. The molecular weight excluding hydrogens is 226 g/mol. The zero-order chi connectivity index (χ0) is 12.6. The number of hydrogen-bond acceptors (Lipinski definition) is 5. The summed E-state index contributed by atoms with van der Waals surface area (Å²) >= 11 is 0. The molecule has 0 atom stereocenters. The molecule has 1 heterocycles. The molecule has 86 valence electrons. The average Bonchev–Trinajstić information content (AvgIpc) is 2.29. The maximum absolute atomic E-state index is 11.8. The molecule has 0 radical (unpaired) electrons. The van der Waals surface area contributed by atoms with Gasteiger partial charge in [-0.15, -0.1) is 0 Å². The number of benzene rings is 1. The number of aryl methyl sites for hydroxylation is 1. The van der Waals surface area contributed by atoms with Crippen molar-refractivity contribution in [2.75, 3.05) is 0 Å². The van der Waals surface area contributed by atoms with Gasteiger partial charge in [0.25, 0.3) is 0 Å². The van der Waals surface area contributed by atoms with Gasteiger partial charge >= 0.3 is 5.69 Å². The maximum Gasteiger partial charge on any atom is 0.312 e. The minimum absolute atomic E-state index is 0.0730. The Hall–Kier alpha value is -2.50. The molecule has 1 aromatic heterocycles. The van der Waals surface area contributed by atoms with E-state index < -0.39 is 10.4 Å². The molecule has 0 aliphatic heterocycles. The molecule has 0 unspecified atom stereocenters. The fraction of sp³-hybridized carbons (Fsp3) is 0.0909. The third-order valence-corrected chi connectivity index (χ3v) is 2.46. The van der Waals surface area contributed by atoms with Crippen molar-refractivity contribution in [2.24, 2.45) is 0 Å². The third kappa shape index (κ3) is 1.59. The maximum atomic E-state index is 11.8. The van der Waals surface area contributed by atoms with Gasteiger partial charge in [0, 0.05) is 6.07 Å². The molecule has 0 bridgehead atoms. The molecular formula is C11H7NO5. The van der Waals surface area contributed by atoms with E-state index in [9.17, 15) is 19.7 Å². The largest absolute Gasteiger partial charge is 0.456 e. The summed E-state index contributed by atoms with van der Waals surface area (Å²) < 4.78 is 5.01. The van der Waals surface area contributed by atoms with Gasteiger partial charge in [-0.1, -0.05) is 6.07 Å². The number of nitrogens with zero attached hydrogens (tertiary/aromatic N) is 1. The summed E-state index contributed by atoms with van der Waals surface area (Å²) in [7, 11) is 0. The first-order valence-electron chi connectivity index (χ1n) is 4.71. The molecule has 0 aliphatic rings. The van der Waals surface area contributed by atoms with E-state index in [-0.39, 0.29) is 22.2 Å². The van der Waals surface area contributed by atoms with Gasteiger partial charge in [-0.2, -0.15) is 0 Å². The lowest BCUT2D eigenvalue weighted by Crippen LogP contribution is -2.09. The number of carbonyl (C=O) groups excluding carboxylic acids is 1. The van der Waals surface area contributed by atoms with Crippen LogP contribution < -0.4 is 5.43 Å². The highest BCUT2D eigenvalue weighted by atomic mass is 16.6. The van der Waals surface area contributed by atoms with Crippen molar-refractivity contribution < 1.29 is 14.1 Å². The zero-order valence-corrected chi connectivity index (χ0v) is 8.80. The van der Waals surface area contributed by atoms with Crippen LogP contribution in [0.2, 0.25) is 0 Å². The predicted molar refractivity (Wildman–Crippen MR) is 59.3 cm³/mol. The second-order valence-corrected chi connectivity index (χ2v) is 3.50. The van der Waals surface area contributed by atoms with Gasteiger partial charge in [-0.3, -0.25) is 19.7 Å². The number of hydrogen-bond donors (Lipinski definition) is 0. The molecule has 0 fully saturated rings. The average molecular weight is 233 g/mol. The van der Waals surface area contributed by atoms with Crippen LogP contribution in [0, 0.1) is 17.0 Å². The Labute approximate surface area is 94.6 Å². The summed E-state index contributed by atoms with van der Waals surface area (Å²) in [4.78, 5) is 32.6. The highest BCUT2D eigenvalue weighted by molar-refractivity contribution is 5.91. The molecule has 2 rings (SSSR count). The Morgan fingerprint density at radius 3 is 2.71 bits per heavy atom. The van der Waals surface area contributed by atoms with Gasteiger partial charge < -0.3 is 4.42 Å². The van der Waals surface area contributed by atoms with Crippen LogP contribution in [-0.4, -0.2) is 11.2 Å². The number of fused-ring (bicyclic) bond motifs is 1. The first kappa shape index (κ1) is 11.0. The number of rotatable bonds is 2. The molecule has 0 aliphatic carbocycles. The van der Waals surface area contributed by atoms with Gasteiger partial charge in [0.1, 0.15) is 6.26 Å². The van der Waals surface area contributed by atoms with Crippen molar-refractivity contribution in [3.63, 3.8) is 0 Å². The number of aldehydes is 1. The van der Waals surface area contributed by atoms with E-state index in [4.69, 9.17) is 4.42 Å². The molecule has 0 amide bonds. The van der Waals surface area contributed by atoms with E-state index in [1.165, 1.54) is 12.1 Å². The standard InChI is InChI=1S/C11H7NO5/c1-6-2-3-8(12(15)16)11-9(6)10(14)7(4-13)5-17-11/h2-5H,1H3. The lowest BCUT2D eigenvalue weighted by atomic mass is 10.1. The SMILES string of the molecule is Cc1ccc([N+](=O)[O-])c2occ(C=O)c(=O)c12. The third-order valence-electron chi connectivity index (χ3n) is 2.46. The molecule has 1 aromatic carbocycles. The van der Waals surface area contributed by atoms with Gasteiger partial charge in [-0.25, -0.2) is 0 Å². The fourth-order valence-electron chi connectivity index (χ4n) is 1.62. The number of carbonyl (C=O) groups is 1. The van der Waals surface area contributed by atoms with Crippen LogP contribution in [0.5, 0.6) is 0 Å². The molecule has 0 spiro atoms. The fourth-order valence-corrected chi connectivity index (χ4v) is 1.62. The zero-order valence-electron chi connectivity index (χ0n) is 8.80. The minimum atomic E-state index is -0.634. The van der Waals surface area contributed by atoms with Gasteiger partial charge in [0.2, 0.25) is 11.0 Å². The second-order valence-electron chi connectivity index (χ2n) is 3.50. The van der Waals surface area contributed by atoms with E-state index in [1.54, 1.807) is 6.92 Å². The number of nitro benzene ring substituents is 1. The van der Waals surface area contributed by atoms with Crippen molar-refractivity contribution in [3.05, 3.63) is 49.9 Å². The van der Waals surface area contributed by atoms with Gasteiger partial charge in [0.15, 0.2) is 6.29 Å². The summed E-state index contributed by atoms with van der Waals surface area (Å²) in [6, 6.07) is 2.72. The van der Waals surface area contributed by atoms with Crippen molar-refractivity contribution in [3.8, 4) is 0 Å². The molecule has 6 heteroatoms. The lowest BCUT2D eigenvalue weighted by molar-refractivity contribution is -0.383. The first-order chi connectivity index (χ1) is 8.06. The Balaban J connectivity index is 3.02. The van der Waals surface area contributed by atoms with Crippen LogP contribution in [0.15, 0.2) is 27.6 Å². The van der Waals surface area contributed by atoms with Crippen molar-refractivity contribution in [2.45, 2.75) is 6.92 Å². The topological polar surface area (TPSA) is 90.4 Å². The quantitative estimate of drug-likeness (QED) is 0.448. The Morgan fingerprint density at radius 2 is 2.12 bits per heavy atom. The highest BCUT2D eigenvalue weighted by Crippen LogP contribution is 2.25. The number of non-ortho nitro benzene ring substituents is 1. The van der Waals surface area contributed by atoms with E-state index >= 15 is 0 Å². The lowest BCUT2D eigenvalue weighted by Gasteiger charge is -2.01. The van der Waals surface area contributed by atoms with Crippen LogP contribution in [0.3, 0.4) is 0 Å². The van der Waals surface area contributed by atoms with E-state index in [2.05, 4.69) is 0 Å².